The van der Waals surface area contributed by atoms with E-state index >= 15 is 0 Å². The molecule has 21 heavy (non-hydrogen) atoms. The van der Waals surface area contributed by atoms with Crippen molar-refractivity contribution in [1.82, 2.24) is 4.98 Å². The first-order chi connectivity index (χ1) is 9.54. The van der Waals surface area contributed by atoms with E-state index in [1.165, 1.54) is 0 Å². The van der Waals surface area contributed by atoms with Gasteiger partial charge in [-0.25, -0.2) is 9.78 Å². The number of carboxylic acid groups (broad SMARTS) is 1. The minimum atomic E-state index is -6.09. The molecule has 0 fully saturated rings. The average Bonchev–Trinajstić information content (AvgIpc) is 2.67. The van der Waals surface area contributed by atoms with Crippen LogP contribution in [0.5, 0.6) is 5.75 Å². The highest BCUT2D eigenvalue weighted by atomic mass is 35.5. The second-order valence-corrected chi connectivity index (χ2v) is 5.42. The fraction of sp³-hybridized carbons (Fsp3) is 0.111. The molecule has 0 saturated carbocycles. The third-order valence-electron chi connectivity index (χ3n) is 2.18. The van der Waals surface area contributed by atoms with Crippen LogP contribution in [0.3, 0.4) is 0 Å². The van der Waals surface area contributed by atoms with E-state index < -0.39 is 43.6 Å². The molecule has 0 atom stereocenters. The van der Waals surface area contributed by atoms with Crippen molar-refractivity contribution in [1.29, 1.82) is 0 Å². The number of fused-ring (bicyclic) bond motifs is 1. The minimum absolute atomic E-state index is 0.292. The van der Waals surface area contributed by atoms with Crippen LogP contribution in [0.2, 0.25) is 5.15 Å². The molecule has 0 amide bonds. The van der Waals surface area contributed by atoms with Gasteiger partial charge in [0.1, 0.15) is 16.1 Å². The molecule has 2 rings (SSSR count). The summed E-state index contributed by atoms with van der Waals surface area (Å²) in [6.07, 6.45) is 1.09. The van der Waals surface area contributed by atoms with E-state index in [0.717, 1.165) is 12.3 Å². The number of hydrogen-bond donors (Lipinski definition) is 1. The van der Waals surface area contributed by atoms with E-state index in [1.807, 2.05) is 0 Å². The van der Waals surface area contributed by atoms with Crippen LogP contribution in [0.15, 0.2) is 16.7 Å². The molecular formula is C9H3ClF3NO6S. The van der Waals surface area contributed by atoms with Crippen LogP contribution in [-0.4, -0.2) is 30.0 Å². The molecule has 1 N–H and O–H groups in total. The standard InChI is InChI=1S/C9H3ClF3NO6S/c10-7-4-3(1-2-14-7)19-6(8(15)16)5(4)20-21(17,18)9(11,12)13/h1-2H,(H,15,16). The number of aromatic nitrogens is 1. The molecule has 12 heteroatoms. The molecule has 0 unspecified atom stereocenters. The predicted octanol–water partition coefficient (Wildman–Crippen LogP) is 2.41. The summed E-state index contributed by atoms with van der Waals surface area (Å²) in [4.78, 5) is 14.4. The van der Waals surface area contributed by atoms with Crippen molar-refractivity contribution in [3.05, 3.63) is 23.2 Å². The first-order valence-corrected chi connectivity index (χ1v) is 6.64. The van der Waals surface area contributed by atoms with Gasteiger partial charge in [0.15, 0.2) is 0 Å². The maximum absolute atomic E-state index is 12.3. The van der Waals surface area contributed by atoms with Gasteiger partial charge in [-0.1, -0.05) is 11.6 Å². The van der Waals surface area contributed by atoms with E-state index in [2.05, 4.69) is 9.17 Å². The van der Waals surface area contributed by atoms with Crippen LogP contribution < -0.4 is 4.18 Å². The molecule has 0 aliphatic rings. The normalized spacial score (nSPS) is 12.6. The molecule has 0 radical (unpaired) electrons. The lowest BCUT2D eigenvalue weighted by molar-refractivity contribution is -0.0500. The highest BCUT2D eigenvalue weighted by Crippen LogP contribution is 2.39. The SMILES string of the molecule is O=C(O)c1oc2ccnc(Cl)c2c1OS(=O)(=O)C(F)(F)F. The zero-order valence-electron chi connectivity index (χ0n) is 9.51. The zero-order chi connectivity index (χ0) is 16.0. The molecule has 0 aliphatic heterocycles. The molecule has 2 aromatic heterocycles. The second kappa shape index (κ2) is 4.77. The predicted molar refractivity (Wildman–Crippen MR) is 61.6 cm³/mol. The van der Waals surface area contributed by atoms with E-state index in [1.54, 1.807) is 0 Å². The molecule has 0 aliphatic carbocycles. The number of carbonyl (C=O) groups is 1. The number of nitrogens with zero attached hydrogens (tertiary/aromatic N) is 1. The molecule has 2 aromatic rings. The summed E-state index contributed by atoms with van der Waals surface area (Å²) < 4.78 is 67.5. The summed E-state index contributed by atoms with van der Waals surface area (Å²) in [5, 5.41) is 7.87. The molecule has 0 spiro atoms. The smallest absolute Gasteiger partial charge is 0.475 e. The van der Waals surface area contributed by atoms with Crippen molar-refractivity contribution < 1.29 is 40.1 Å². The van der Waals surface area contributed by atoms with Gasteiger partial charge in [0.05, 0.1) is 0 Å². The van der Waals surface area contributed by atoms with Crippen molar-refractivity contribution in [3.8, 4) is 5.75 Å². The van der Waals surface area contributed by atoms with Crippen molar-refractivity contribution >= 4 is 38.7 Å². The van der Waals surface area contributed by atoms with Crippen molar-refractivity contribution in [2.45, 2.75) is 5.51 Å². The van der Waals surface area contributed by atoms with Gasteiger partial charge >= 0.3 is 21.6 Å². The largest absolute Gasteiger partial charge is 0.534 e. The Bertz CT molecular complexity index is 828. The molecule has 7 nitrogen and oxygen atoms in total. The van der Waals surface area contributed by atoms with Crippen LogP contribution in [-0.2, 0) is 10.1 Å². The molecule has 0 saturated heterocycles. The van der Waals surface area contributed by atoms with E-state index in [-0.39, 0.29) is 5.58 Å². The van der Waals surface area contributed by atoms with Crippen LogP contribution >= 0.6 is 11.6 Å². The maximum Gasteiger partial charge on any atom is 0.534 e. The quantitative estimate of drug-likeness (QED) is 0.517. The number of pyridine rings is 1. The summed E-state index contributed by atoms with van der Waals surface area (Å²) in [5.74, 6) is -4.17. The summed E-state index contributed by atoms with van der Waals surface area (Å²) in [7, 11) is -6.09. The summed E-state index contributed by atoms with van der Waals surface area (Å²) in [6.45, 7) is 0. The number of carboxylic acids is 1. The molecule has 0 bridgehead atoms. The van der Waals surface area contributed by atoms with Crippen molar-refractivity contribution in [3.63, 3.8) is 0 Å². The van der Waals surface area contributed by atoms with Gasteiger partial charge in [-0.15, -0.1) is 0 Å². The Morgan fingerprint density at radius 1 is 1.43 bits per heavy atom. The molecule has 0 aromatic carbocycles. The van der Waals surface area contributed by atoms with Gasteiger partial charge in [0.2, 0.25) is 5.75 Å². The van der Waals surface area contributed by atoms with E-state index in [9.17, 15) is 26.4 Å². The third-order valence-corrected chi connectivity index (χ3v) is 3.42. The van der Waals surface area contributed by atoms with Gasteiger partial charge in [-0.2, -0.15) is 21.6 Å². The van der Waals surface area contributed by atoms with Crippen LogP contribution in [0.25, 0.3) is 11.0 Å². The number of alkyl halides is 3. The summed E-state index contributed by atoms with van der Waals surface area (Å²) in [5.41, 5.74) is -6.04. The highest BCUT2D eigenvalue weighted by molar-refractivity contribution is 7.88. The Balaban J connectivity index is 2.73. The fourth-order valence-corrected chi connectivity index (χ4v) is 2.07. The van der Waals surface area contributed by atoms with Gasteiger partial charge < -0.3 is 13.7 Å². The Hall–Kier alpha value is -2.01. The lowest BCUT2D eigenvalue weighted by Gasteiger charge is -2.08. The van der Waals surface area contributed by atoms with E-state index in [4.69, 9.17) is 21.1 Å². The molecule has 2 heterocycles. The maximum atomic E-state index is 12.3. The lowest BCUT2D eigenvalue weighted by Crippen LogP contribution is -2.28. The summed E-state index contributed by atoms with van der Waals surface area (Å²) >= 11 is 5.60. The van der Waals surface area contributed by atoms with Gasteiger partial charge in [0.25, 0.3) is 5.76 Å². The number of furan rings is 1. The Morgan fingerprint density at radius 3 is 2.57 bits per heavy atom. The fourth-order valence-electron chi connectivity index (χ4n) is 1.36. The lowest BCUT2D eigenvalue weighted by atomic mass is 10.3. The zero-order valence-corrected chi connectivity index (χ0v) is 11.1. The van der Waals surface area contributed by atoms with Gasteiger partial charge in [-0.3, -0.25) is 0 Å². The average molecular weight is 346 g/mol. The van der Waals surface area contributed by atoms with Crippen molar-refractivity contribution in [2.75, 3.05) is 0 Å². The number of aromatic carboxylic acids is 1. The van der Waals surface area contributed by atoms with Crippen LogP contribution in [0.4, 0.5) is 13.2 Å². The van der Waals surface area contributed by atoms with Crippen LogP contribution in [0.1, 0.15) is 10.6 Å². The van der Waals surface area contributed by atoms with E-state index in [0.29, 0.717) is 0 Å². The first-order valence-electron chi connectivity index (χ1n) is 4.85. The monoisotopic (exact) mass is 345 g/mol. The first kappa shape index (κ1) is 15.4. The van der Waals surface area contributed by atoms with Crippen molar-refractivity contribution in [2.24, 2.45) is 0 Å². The Kier molecular flexibility index (Phi) is 3.49. The topological polar surface area (TPSA) is 107 Å². The van der Waals surface area contributed by atoms with Crippen LogP contribution in [0, 0.1) is 0 Å². The Morgan fingerprint density at radius 2 is 2.05 bits per heavy atom. The summed E-state index contributed by atoms with van der Waals surface area (Å²) in [6, 6.07) is 1.08. The number of rotatable bonds is 3. The minimum Gasteiger partial charge on any atom is -0.475 e. The highest BCUT2D eigenvalue weighted by Gasteiger charge is 2.49. The third kappa shape index (κ3) is 2.61. The Labute approximate surface area is 119 Å². The number of hydrogen-bond acceptors (Lipinski definition) is 6. The second-order valence-electron chi connectivity index (χ2n) is 3.52. The molecule has 114 valence electrons. The number of halogens is 4. The van der Waals surface area contributed by atoms with Gasteiger partial charge in [-0.05, 0) is 0 Å². The molecular weight excluding hydrogens is 343 g/mol. The van der Waals surface area contributed by atoms with Gasteiger partial charge in [0, 0.05) is 12.3 Å².